The van der Waals surface area contributed by atoms with Gasteiger partial charge in [-0.2, -0.15) is 5.10 Å². The lowest BCUT2D eigenvalue weighted by Crippen LogP contribution is -2.39. The zero-order chi connectivity index (χ0) is 16.4. The molecular weight excluding hydrogens is 302 g/mol. The Morgan fingerprint density at radius 2 is 2.04 bits per heavy atom. The van der Waals surface area contributed by atoms with Crippen molar-refractivity contribution >= 4 is 16.8 Å². The normalized spacial score (nSPS) is 15.8. The first-order valence-corrected chi connectivity index (χ1v) is 8.26. The van der Waals surface area contributed by atoms with E-state index in [0.29, 0.717) is 11.5 Å². The van der Waals surface area contributed by atoms with Crippen LogP contribution < -0.4 is 0 Å². The van der Waals surface area contributed by atoms with Crippen LogP contribution in [0.2, 0.25) is 0 Å². The third-order valence-electron chi connectivity index (χ3n) is 4.65. The van der Waals surface area contributed by atoms with Crippen LogP contribution in [0.25, 0.3) is 10.9 Å². The summed E-state index contributed by atoms with van der Waals surface area (Å²) in [6.07, 6.45) is 6.98. The molecule has 0 radical (unpaired) electrons. The van der Waals surface area contributed by atoms with Gasteiger partial charge in [0.2, 0.25) is 0 Å². The third kappa shape index (κ3) is 2.99. The molecule has 4 rings (SSSR count). The van der Waals surface area contributed by atoms with Crippen LogP contribution in [0.1, 0.15) is 23.2 Å². The summed E-state index contributed by atoms with van der Waals surface area (Å²) >= 11 is 0. The van der Waals surface area contributed by atoms with Crippen LogP contribution in [0.4, 0.5) is 0 Å². The van der Waals surface area contributed by atoms with E-state index in [1.165, 1.54) is 0 Å². The molecule has 122 valence electrons. The Labute approximate surface area is 140 Å². The van der Waals surface area contributed by atoms with Gasteiger partial charge in [-0.05, 0) is 30.9 Å². The van der Waals surface area contributed by atoms with Crippen molar-refractivity contribution in [3.8, 4) is 0 Å². The molecule has 1 aliphatic heterocycles. The number of carbonyl (C=O) groups is 1. The van der Waals surface area contributed by atoms with Gasteiger partial charge in [0.05, 0.1) is 11.1 Å². The van der Waals surface area contributed by atoms with Gasteiger partial charge in [-0.1, -0.05) is 18.2 Å². The number of para-hydroxylation sites is 1. The molecule has 0 saturated carbocycles. The third-order valence-corrected chi connectivity index (χ3v) is 4.65. The molecule has 1 aromatic carbocycles. The molecular formula is C18H19N5O. The highest BCUT2D eigenvalue weighted by atomic mass is 16.2. The summed E-state index contributed by atoms with van der Waals surface area (Å²) in [6.45, 7) is 2.44. The van der Waals surface area contributed by atoms with Crippen LogP contribution in [-0.2, 0) is 6.54 Å². The maximum atomic E-state index is 12.7. The molecule has 0 spiro atoms. The van der Waals surface area contributed by atoms with Gasteiger partial charge >= 0.3 is 0 Å². The van der Waals surface area contributed by atoms with E-state index < -0.39 is 0 Å². The second kappa shape index (κ2) is 6.39. The number of hydrogen-bond donors (Lipinski definition) is 0. The van der Waals surface area contributed by atoms with Crippen LogP contribution >= 0.6 is 0 Å². The molecule has 0 unspecified atom stereocenters. The van der Waals surface area contributed by atoms with Crippen molar-refractivity contribution in [1.82, 2.24) is 24.6 Å². The molecule has 6 nitrogen and oxygen atoms in total. The summed E-state index contributed by atoms with van der Waals surface area (Å²) in [4.78, 5) is 23.0. The van der Waals surface area contributed by atoms with E-state index in [-0.39, 0.29) is 5.91 Å². The molecule has 1 saturated heterocycles. The number of aromatic nitrogens is 4. The number of hydrogen-bond acceptors (Lipinski definition) is 4. The first kappa shape index (κ1) is 14.8. The predicted octanol–water partition coefficient (Wildman–Crippen LogP) is 2.38. The van der Waals surface area contributed by atoms with E-state index in [4.69, 9.17) is 0 Å². The lowest BCUT2D eigenvalue weighted by atomic mass is 9.96. The van der Waals surface area contributed by atoms with Crippen molar-refractivity contribution in [2.75, 3.05) is 13.1 Å². The van der Waals surface area contributed by atoms with Crippen LogP contribution in [0.5, 0.6) is 0 Å². The molecule has 0 aliphatic carbocycles. The van der Waals surface area contributed by atoms with E-state index >= 15 is 0 Å². The van der Waals surface area contributed by atoms with Gasteiger partial charge in [0.15, 0.2) is 0 Å². The van der Waals surface area contributed by atoms with Crippen molar-refractivity contribution in [2.24, 2.45) is 5.92 Å². The standard InChI is InChI=1S/C18H19N5O/c24-18(16-9-15-3-1-2-4-17(15)20-10-16)22-7-5-14(6-8-22)11-23-13-19-12-21-23/h1-4,9-10,12-14H,5-8,11H2. The number of fused-ring (bicyclic) bond motifs is 1. The molecule has 2 aromatic heterocycles. The Kier molecular flexibility index (Phi) is 3.94. The Hall–Kier alpha value is -2.76. The van der Waals surface area contributed by atoms with Gasteiger partial charge in [-0.25, -0.2) is 4.98 Å². The van der Waals surface area contributed by atoms with Gasteiger partial charge in [-0.3, -0.25) is 14.5 Å². The first-order valence-electron chi connectivity index (χ1n) is 8.26. The SMILES string of the molecule is O=C(c1cnc2ccccc2c1)N1CCC(Cn2cncn2)CC1. The van der Waals surface area contributed by atoms with Gasteiger partial charge < -0.3 is 4.90 Å². The Morgan fingerprint density at radius 1 is 1.21 bits per heavy atom. The van der Waals surface area contributed by atoms with Crippen LogP contribution in [0.3, 0.4) is 0 Å². The number of amides is 1. The minimum atomic E-state index is 0.0764. The van der Waals surface area contributed by atoms with Gasteiger partial charge in [0, 0.05) is 31.2 Å². The lowest BCUT2D eigenvalue weighted by molar-refractivity contribution is 0.0681. The monoisotopic (exact) mass is 321 g/mol. The fourth-order valence-electron chi connectivity index (χ4n) is 3.28. The Balaban J connectivity index is 1.41. The summed E-state index contributed by atoms with van der Waals surface area (Å²) in [6, 6.07) is 9.81. The summed E-state index contributed by atoms with van der Waals surface area (Å²) < 4.78 is 1.87. The smallest absolute Gasteiger partial charge is 0.255 e. The van der Waals surface area contributed by atoms with Crippen LogP contribution in [-0.4, -0.2) is 43.6 Å². The highest BCUT2D eigenvalue weighted by Crippen LogP contribution is 2.21. The molecule has 0 N–H and O–H groups in total. The number of nitrogens with zero attached hydrogens (tertiary/aromatic N) is 5. The first-order chi connectivity index (χ1) is 11.8. The van der Waals surface area contributed by atoms with Crippen LogP contribution in [0, 0.1) is 5.92 Å². The van der Waals surface area contributed by atoms with E-state index in [1.807, 2.05) is 39.9 Å². The maximum Gasteiger partial charge on any atom is 0.255 e. The highest BCUT2D eigenvalue weighted by molar-refractivity contribution is 5.97. The second-order valence-electron chi connectivity index (χ2n) is 6.27. The maximum absolute atomic E-state index is 12.7. The fraction of sp³-hybridized carbons (Fsp3) is 0.333. The van der Waals surface area contributed by atoms with E-state index in [2.05, 4.69) is 15.1 Å². The van der Waals surface area contributed by atoms with Crippen molar-refractivity contribution in [2.45, 2.75) is 19.4 Å². The topological polar surface area (TPSA) is 63.9 Å². The molecule has 1 fully saturated rings. The molecule has 0 bridgehead atoms. The molecule has 1 amide bonds. The van der Waals surface area contributed by atoms with Crippen molar-refractivity contribution in [3.63, 3.8) is 0 Å². The average molecular weight is 321 g/mol. The number of pyridine rings is 1. The molecule has 0 atom stereocenters. The number of benzene rings is 1. The largest absolute Gasteiger partial charge is 0.339 e. The van der Waals surface area contributed by atoms with Gasteiger partial charge in [0.25, 0.3) is 5.91 Å². The summed E-state index contributed by atoms with van der Waals surface area (Å²) in [5.41, 5.74) is 1.59. The lowest BCUT2D eigenvalue weighted by Gasteiger charge is -2.32. The summed E-state index contributed by atoms with van der Waals surface area (Å²) in [7, 11) is 0. The van der Waals surface area contributed by atoms with Crippen molar-refractivity contribution in [1.29, 1.82) is 0 Å². The summed E-state index contributed by atoms with van der Waals surface area (Å²) in [5.74, 6) is 0.623. The Morgan fingerprint density at radius 3 is 2.83 bits per heavy atom. The second-order valence-corrected chi connectivity index (χ2v) is 6.27. The summed E-state index contributed by atoms with van der Waals surface area (Å²) in [5, 5.41) is 5.16. The number of likely N-dealkylation sites (tertiary alicyclic amines) is 1. The zero-order valence-electron chi connectivity index (χ0n) is 13.4. The number of carbonyl (C=O) groups excluding carboxylic acids is 1. The average Bonchev–Trinajstić information content (AvgIpc) is 3.14. The van der Waals surface area contributed by atoms with E-state index in [9.17, 15) is 4.79 Å². The van der Waals surface area contributed by atoms with E-state index in [1.54, 1.807) is 18.9 Å². The molecule has 3 heterocycles. The molecule has 6 heteroatoms. The molecule has 3 aromatic rings. The highest BCUT2D eigenvalue weighted by Gasteiger charge is 2.24. The number of piperidine rings is 1. The van der Waals surface area contributed by atoms with Crippen LogP contribution in [0.15, 0.2) is 49.2 Å². The minimum absolute atomic E-state index is 0.0764. The number of rotatable bonds is 3. The Bertz CT molecular complexity index is 838. The molecule has 1 aliphatic rings. The van der Waals surface area contributed by atoms with E-state index in [0.717, 1.165) is 43.4 Å². The van der Waals surface area contributed by atoms with Crippen molar-refractivity contribution < 1.29 is 4.79 Å². The predicted molar refractivity (Wildman–Crippen MR) is 90.4 cm³/mol. The van der Waals surface area contributed by atoms with Crippen molar-refractivity contribution in [3.05, 3.63) is 54.7 Å². The zero-order valence-corrected chi connectivity index (χ0v) is 13.4. The van der Waals surface area contributed by atoms with Gasteiger partial charge in [-0.15, -0.1) is 0 Å². The van der Waals surface area contributed by atoms with Gasteiger partial charge in [0.1, 0.15) is 12.7 Å². The quantitative estimate of drug-likeness (QED) is 0.743. The molecule has 24 heavy (non-hydrogen) atoms. The minimum Gasteiger partial charge on any atom is -0.339 e. The fourth-order valence-corrected chi connectivity index (χ4v) is 3.28.